The lowest BCUT2D eigenvalue weighted by atomic mass is 10.0. The van der Waals surface area contributed by atoms with Gasteiger partial charge in [0.25, 0.3) is 0 Å². The van der Waals surface area contributed by atoms with Crippen molar-refractivity contribution in [3.05, 3.63) is 0 Å². The minimum Gasteiger partial charge on any atom is -0.391 e. The van der Waals surface area contributed by atoms with Crippen molar-refractivity contribution in [3.63, 3.8) is 0 Å². The molecule has 7 nitrogen and oxygen atoms in total. The van der Waals surface area contributed by atoms with Gasteiger partial charge >= 0.3 is 0 Å². The molecule has 0 aromatic heterocycles. The Morgan fingerprint density at radius 2 is 1.95 bits per heavy atom. The molecular weight excluding hydrogens is 264 g/mol. The maximum Gasteiger partial charge on any atom is 0.186 e. The molecule has 20 heavy (non-hydrogen) atoms. The Hall–Kier alpha value is -0.280. The van der Waals surface area contributed by atoms with Crippen LogP contribution < -0.4 is 11.1 Å². The van der Waals surface area contributed by atoms with Crippen LogP contribution in [0.5, 0.6) is 0 Å². The van der Waals surface area contributed by atoms with E-state index in [2.05, 4.69) is 5.32 Å². The number of rotatable bonds is 3. The molecule has 1 aliphatic carbocycles. The molecule has 0 bridgehead atoms. The molecule has 3 fully saturated rings. The van der Waals surface area contributed by atoms with Gasteiger partial charge in [-0.15, -0.1) is 0 Å². The number of nitrogens with two attached hydrogens (primary N) is 1. The van der Waals surface area contributed by atoms with E-state index in [-0.39, 0.29) is 30.2 Å². The number of hydrogen-bond acceptors (Lipinski definition) is 7. The fraction of sp³-hybridized carbons (Fsp3) is 1.00. The molecule has 5 unspecified atom stereocenters. The Morgan fingerprint density at radius 1 is 1.20 bits per heavy atom. The van der Waals surface area contributed by atoms with E-state index in [0.717, 1.165) is 6.42 Å². The molecule has 0 amide bonds. The zero-order chi connectivity index (χ0) is 14.4. The Balaban J connectivity index is 1.64. The van der Waals surface area contributed by atoms with Crippen molar-refractivity contribution < 1.29 is 24.4 Å². The van der Waals surface area contributed by atoms with Gasteiger partial charge in [-0.3, -0.25) is 0 Å². The highest BCUT2D eigenvalue weighted by Crippen LogP contribution is 2.44. The number of hydrogen-bond donors (Lipinski definition) is 4. The van der Waals surface area contributed by atoms with Gasteiger partial charge in [-0.25, -0.2) is 0 Å². The van der Waals surface area contributed by atoms with Crippen molar-refractivity contribution in [2.75, 3.05) is 7.05 Å². The molecule has 1 saturated carbocycles. The van der Waals surface area contributed by atoms with Crippen LogP contribution in [-0.2, 0) is 14.2 Å². The first kappa shape index (κ1) is 14.6. The Bertz CT molecular complexity index is 358. The third-order valence-electron chi connectivity index (χ3n) is 4.57. The molecule has 2 heterocycles. The van der Waals surface area contributed by atoms with Gasteiger partial charge in [-0.2, -0.15) is 0 Å². The third kappa shape index (κ3) is 2.59. The van der Waals surface area contributed by atoms with Crippen LogP contribution in [0, 0.1) is 5.92 Å². The predicted molar refractivity (Wildman–Crippen MR) is 69.6 cm³/mol. The second-order valence-electron chi connectivity index (χ2n) is 6.06. The van der Waals surface area contributed by atoms with E-state index >= 15 is 0 Å². The van der Waals surface area contributed by atoms with Gasteiger partial charge in [0.2, 0.25) is 0 Å². The van der Waals surface area contributed by atoms with E-state index in [1.54, 1.807) is 7.05 Å². The largest absolute Gasteiger partial charge is 0.391 e. The molecular formula is C13H24N2O5. The maximum atomic E-state index is 10.2. The summed E-state index contributed by atoms with van der Waals surface area (Å²) in [7, 11) is 1.76. The molecule has 0 spiro atoms. The molecule has 3 aliphatic rings. The van der Waals surface area contributed by atoms with Crippen LogP contribution >= 0.6 is 0 Å². The first-order valence-electron chi connectivity index (χ1n) is 7.26. The minimum atomic E-state index is -0.781. The zero-order valence-electron chi connectivity index (χ0n) is 11.8. The second-order valence-corrected chi connectivity index (χ2v) is 6.06. The lowest BCUT2D eigenvalue weighted by Crippen LogP contribution is -2.58. The number of nitrogens with one attached hydrogen (secondary N) is 1. The average molecular weight is 288 g/mol. The van der Waals surface area contributed by atoms with Gasteiger partial charge in [0.05, 0.1) is 24.4 Å². The molecule has 5 N–H and O–H groups in total. The second kappa shape index (κ2) is 5.49. The van der Waals surface area contributed by atoms with Gasteiger partial charge in [0.15, 0.2) is 12.6 Å². The van der Waals surface area contributed by atoms with Crippen molar-refractivity contribution in [3.8, 4) is 0 Å². The van der Waals surface area contributed by atoms with Crippen LogP contribution in [0.2, 0.25) is 0 Å². The predicted octanol–water partition coefficient (Wildman–Crippen LogP) is -1.48. The number of aliphatic hydroxyl groups is 2. The first-order chi connectivity index (χ1) is 9.51. The Labute approximate surface area is 118 Å². The minimum absolute atomic E-state index is 0.0556. The summed E-state index contributed by atoms with van der Waals surface area (Å²) in [6.07, 6.45) is -1.52. The van der Waals surface area contributed by atoms with Crippen molar-refractivity contribution in [2.45, 2.75) is 68.8 Å². The number of aliphatic hydroxyl groups excluding tert-OH is 2. The van der Waals surface area contributed by atoms with Crippen molar-refractivity contribution in [1.29, 1.82) is 0 Å². The molecule has 0 radical (unpaired) electrons. The molecule has 3 rings (SSSR count). The lowest BCUT2D eigenvalue weighted by molar-refractivity contribution is -0.319. The van der Waals surface area contributed by atoms with Crippen molar-refractivity contribution >= 4 is 0 Å². The van der Waals surface area contributed by atoms with E-state index < -0.39 is 24.8 Å². The topological polar surface area (TPSA) is 106 Å². The highest BCUT2D eigenvalue weighted by Gasteiger charge is 2.55. The van der Waals surface area contributed by atoms with Crippen LogP contribution in [-0.4, -0.2) is 66.3 Å². The number of fused-ring (bicyclic) bond motifs is 1. The van der Waals surface area contributed by atoms with E-state index in [1.807, 2.05) is 6.92 Å². The molecule has 0 aromatic rings. The molecule has 116 valence electrons. The highest BCUT2D eigenvalue weighted by atomic mass is 16.8. The standard InChI is InChI=1S/C13H24N2O5/c1-5-7(14)4-8(16)12(18-5)20-13-10(15-2)11(17)6-3-9(6)19-13/h5-13,15-17H,3-4,14H2,1-2H3/t5?,6-,7-,8-,9-,10?,11?,12?,13?/m0/s1. The van der Waals surface area contributed by atoms with Crippen molar-refractivity contribution in [2.24, 2.45) is 11.7 Å². The van der Waals surface area contributed by atoms with Crippen LogP contribution in [0.4, 0.5) is 0 Å². The molecule has 2 saturated heterocycles. The SMILES string of the molecule is CNC1C(OC2OC(C)[C@@H](N)C[C@@H]2O)O[C@H]2C[C@@H]2C1O. The quantitative estimate of drug-likeness (QED) is 0.502. The van der Waals surface area contributed by atoms with Crippen LogP contribution in [0.1, 0.15) is 19.8 Å². The Morgan fingerprint density at radius 3 is 2.65 bits per heavy atom. The molecule has 2 aliphatic heterocycles. The van der Waals surface area contributed by atoms with Crippen LogP contribution in [0.25, 0.3) is 0 Å². The number of likely N-dealkylation sites (N-methyl/N-ethyl adjacent to an activating group) is 1. The van der Waals surface area contributed by atoms with Gasteiger partial charge in [-0.1, -0.05) is 0 Å². The summed E-state index contributed by atoms with van der Waals surface area (Å²) in [5.41, 5.74) is 5.84. The monoisotopic (exact) mass is 288 g/mol. The fourth-order valence-corrected chi connectivity index (χ4v) is 3.05. The first-order valence-corrected chi connectivity index (χ1v) is 7.26. The summed E-state index contributed by atoms with van der Waals surface area (Å²) < 4.78 is 17.1. The van der Waals surface area contributed by atoms with E-state index in [1.165, 1.54) is 0 Å². The summed E-state index contributed by atoms with van der Waals surface area (Å²) in [5, 5.41) is 23.2. The molecule has 7 heteroatoms. The van der Waals surface area contributed by atoms with E-state index in [4.69, 9.17) is 19.9 Å². The van der Waals surface area contributed by atoms with E-state index in [9.17, 15) is 10.2 Å². The smallest absolute Gasteiger partial charge is 0.186 e. The van der Waals surface area contributed by atoms with Gasteiger partial charge in [0.1, 0.15) is 6.10 Å². The third-order valence-corrected chi connectivity index (χ3v) is 4.57. The summed E-state index contributed by atoms with van der Waals surface area (Å²) in [4.78, 5) is 0. The fourth-order valence-electron chi connectivity index (χ4n) is 3.05. The normalized spacial score (nSPS) is 55.4. The van der Waals surface area contributed by atoms with Crippen LogP contribution in [0.3, 0.4) is 0 Å². The molecule has 0 aromatic carbocycles. The Kier molecular flexibility index (Phi) is 4.02. The summed E-state index contributed by atoms with van der Waals surface area (Å²) in [5.74, 6) is 0.192. The maximum absolute atomic E-state index is 10.2. The molecule has 9 atom stereocenters. The summed E-state index contributed by atoms with van der Waals surface area (Å²) in [6, 6.07) is -0.518. The van der Waals surface area contributed by atoms with Gasteiger partial charge < -0.3 is 35.5 Å². The van der Waals surface area contributed by atoms with E-state index in [0.29, 0.717) is 6.42 Å². The van der Waals surface area contributed by atoms with Crippen LogP contribution in [0.15, 0.2) is 0 Å². The summed E-state index contributed by atoms with van der Waals surface area (Å²) in [6.45, 7) is 1.86. The van der Waals surface area contributed by atoms with Gasteiger partial charge in [0, 0.05) is 12.0 Å². The zero-order valence-corrected chi connectivity index (χ0v) is 11.8. The summed E-state index contributed by atoms with van der Waals surface area (Å²) >= 11 is 0. The van der Waals surface area contributed by atoms with Crippen molar-refractivity contribution in [1.82, 2.24) is 5.32 Å². The highest BCUT2D eigenvalue weighted by molar-refractivity contribution is 5.03. The number of ether oxygens (including phenoxy) is 3. The lowest BCUT2D eigenvalue weighted by Gasteiger charge is -2.41. The van der Waals surface area contributed by atoms with Gasteiger partial charge in [-0.05, 0) is 26.8 Å². The average Bonchev–Trinajstić information content (AvgIpc) is 3.16.